The zero-order valence-electron chi connectivity index (χ0n) is 27.0. The van der Waals surface area contributed by atoms with Crippen LogP contribution in [0.1, 0.15) is 0 Å². The van der Waals surface area contributed by atoms with Crippen molar-refractivity contribution in [3.05, 3.63) is 176 Å². The Kier molecular flexibility index (Phi) is 6.42. The first-order valence-electron chi connectivity index (χ1n) is 16.8. The molecule has 0 saturated heterocycles. The second-order valence-corrected chi connectivity index (χ2v) is 12.5. The van der Waals surface area contributed by atoms with Crippen molar-refractivity contribution in [2.24, 2.45) is 0 Å². The van der Waals surface area contributed by atoms with Gasteiger partial charge < -0.3 is 9.13 Å². The third-order valence-electron chi connectivity index (χ3n) is 9.68. The zero-order chi connectivity index (χ0) is 33.0. The maximum atomic E-state index is 5.15. The summed E-state index contributed by atoms with van der Waals surface area (Å²) in [6.07, 6.45) is 0. The number of aromatic nitrogens is 5. The van der Waals surface area contributed by atoms with Crippen molar-refractivity contribution < 1.29 is 0 Å². The van der Waals surface area contributed by atoms with Gasteiger partial charge >= 0.3 is 0 Å². The van der Waals surface area contributed by atoms with Crippen LogP contribution in [-0.4, -0.2) is 24.3 Å². The van der Waals surface area contributed by atoms with Gasteiger partial charge in [0.1, 0.15) is 11.4 Å². The van der Waals surface area contributed by atoms with E-state index < -0.39 is 0 Å². The molecule has 0 aliphatic rings. The van der Waals surface area contributed by atoms with Crippen LogP contribution in [0.4, 0.5) is 0 Å². The van der Waals surface area contributed by atoms with Gasteiger partial charge in [0.25, 0.3) is 0 Å². The van der Waals surface area contributed by atoms with Gasteiger partial charge in [-0.2, -0.15) is 0 Å². The van der Waals surface area contributed by atoms with Crippen molar-refractivity contribution in [1.82, 2.24) is 24.3 Å². The Morgan fingerprint density at radius 3 is 1.12 bits per heavy atom. The molecule has 10 aromatic rings. The third kappa shape index (κ3) is 4.45. The fraction of sp³-hybridized carbons (Fsp3) is 0. The molecule has 5 nitrogen and oxygen atoms in total. The molecule has 234 valence electrons. The molecule has 0 radical (unpaired) electrons. The number of fused-ring (bicyclic) bond motifs is 6. The Labute approximate surface area is 288 Å². The van der Waals surface area contributed by atoms with Crippen LogP contribution >= 0.6 is 0 Å². The van der Waals surface area contributed by atoms with Crippen LogP contribution < -0.4 is 0 Å². The summed E-state index contributed by atoms with van der Waals surface area (Å²) in [6.45, 7) is 0. The molecule has 0 saturated carbocycles. The number of rotatable bonds is 5. The van der Waals surface area contributed by atoms with E-state index in [1.807, 2.05) is 30.3 Å². The summed E-state index contributed by atoms with van der Waals surface area (Å²) >= 11 is 0. The van der Waals surface area contributed by atoms with E-state index in [-0.39, 0.29) is 0 Å². The van der Waals surface area contributed by atoms with Crippen LogP contribution in [0.5, 0.6) is 0 Å². The van der Waals surface area contributed by atoms with Gasteiger partial charge in [0.2, 0.25) is 0 Å². The van der Waals surface area contributed by atoms with E-state index in [9.17, 15) is 0 Å². The van der Waals surface area contributed by atoms with Gasteiger partial charge in [0.15, 0.2) is 5.82 Å². The molecule has 0 amide bonds. The highest BCUT2D eigenvalue weighted by atomic mass is 15.2. The zero-order valence-corrected chi connectivity index (χ0v) is 27.0. The summed E-state index contributed by atoms with van der Waals surface area (Å²) in [5, 5.41) is 14.4. The van der Waals surface area contributed by atoms with Crippen molar-refractivity contribution in [1.29, 1.82) is 0 Å². The lowest BCUT2D eigenvalue weighted by atomic mass is 10.0. The molecule has 0 aliphatic carbocycles. The molecule has 3 aromatic heterocycles. The van der Waals surface area contributed by atoms with E-state index in [4.69, 9.17) is 10.1 Å². The molecule has 0 unspecified atom stereocenters. The Balaban J connectivity index is 1.10. The monoisotopic (exact) mass is 639 g/mol. The van der Waals surface area contributed by atoms with E-state index >= 15 is 0 Å². The fourth-order valence-electron chi connectivity index (χ4n) is 7.37. The minimum atomic E-state index is 0.595. The highest BCUT2D eigenvalue weighted by Gasteiger charge is 2.18. The highest BCUT2D eigenvalue weighted by Crippen LogP contribution is 2.36. The topological polar surface area (TPSA) is 48.5 Å². The Morgan fingerprint density at radius 2 is 0.680 bits per heavy atom. The highest BCUT2D eigenvalue weighted by molar-refractivity contribution is 6.10. The minimum Gasteiger partial charge on any atom is -0.309 e. The first-order chi connectivity index (χ1) is 24.8. The number of para-hydroxylation sites is 4. The quantitative estimate of drug-likeness (QED) is 0.188. The first kappa shape index (κ1) is 28.2. The Morgan fingerprint density at radius 1 is 0.300 bits per heavy atom. The second-order valence-electron chi connectivity index (χ2n) is 12.5. The normalized spacial score (nSPS) is 11.6. The van der Waals surface area contributed by atoms with Crippen LogP contribution in [0.2, 0.25) is 0 Å². The molecule has 50 heavy (non-hydrogen) atoms. The maximum absolute atomic E-state index is 5.15. The SMILES string of the molecule is c1ccc(-c2nnc(-c3ccc(-n4c5ccccc5c5ccccc54)cc3)c(-c3ccc(-n4c5ccccc5c5ccccc54)cc3)n2)cc1. The van der Waals surface area contributed by atoms with Gasteiger partial charge in [-0.05, 0) is 48.5 Å². The maximum Gasteiger partial charge on any atom is 0.182 e. The van der Waals surface area contributed by atoms with Crippen molar-refractivity contribution >= 4 is 43.6 Å². The van der Waals surface area contributed by atoms with Crippen molar-refractivity contribution in [2.75, 3.05) is 0 Å². The van der Waals surface area contributed by atoms with Gasteiger partial charge in [-0.1, -0.05) is 127 Å². The number of nitrogens with zero attached hydrogens (tertiary/aromatic N) is 5. The molecule has 0 bridgehead atoms. The summed E-state index contributed by atoms with van der Waals surface area (Å²) in [6, 6.07) is 61.6. The smallest absolute Gasteiger partial charge is 0.182 e. The Hall–Kier alpha value is -6.85. The van der Waals surface area contributed by atoms with E-state index in [1.54, 1.807) is 0 Å². The van der Waals surface area contributed by atoms with Gasteiger partial charge in [0, 0.05) is 49.6 Å². The molecule has 5 heteroatoms. The van der Waals surface area contributed by atoms with Gasteiger partial charge in [-0.15, -0.1) is 10.2 Å². The minimum absolute atomic E-state index is 0.595. The summed E-state index contributed by atoms with van der Waals surface area (Å²) < 4.78 is 4.65. The molecule has 10 rings (SSSR count). The van der Waals surface area contributed by atoms with Crippen LogP contribution in [0.3, 0.4) is 0 Å². The van der Waals surface area contributed by atoms with Crippen molar-refractivity contribution in [3.8, 4) is 45.3 Å². The van der Waals surface area contributed by atoms with E-state index in [1.165, 1.54) is 43.6 Å². The van der Waals surface area contributed by atoms with Crippen molar-refractivity contribution in [3.63, 3.8) is 0 Å². The number of benzene rings is 7. The van der Waals surface area contributed by atoms with Gasteiger partial charge in [0.05, 0.1) is 22.1 Å². The third-order valence-corrected chi connectivity index (χ3v) is 9.68. The molecule has 3 heterocycles. The molecule has 0 atom stereocenters. The average Bonchev–Trinajstić information content (AvgIpc) is 3.71. The molecule has 0 N–H and O–H groups in total. The van der Waals surface area contributed by atoms with Crippen LogP contribution in [0.15, 0.2) is 176 Å². The Bertz CT molecular complexity index is 2740. The van der Waals surface area contributed by atoms with E-state index in [0.717, 1.165) is 39.5 Å². The van der Waals surface area contributed by atoms with Gasteiger partial charge in [-0.3, -0.25) is 0 Å². The number of hydrogen-bond donors (Lipinski definition) is 0. The number of hydrogen-bond acceptors (Lipinski definition) is 3. The standard InChI is InChI=1S/C45H29N5/c1-2-12-32(13-3-1)45-46-43(30-22-26-33(27-23-30)49-39-18-8-4-14-35(39)36-15-5-9-19-40(36)49)44(47-48-45)31-24-28-34(29-25-31)50-41-20-10-6-16-37(41)38-17-7-11-21-42(38)50/h1-29H. The molecule has 7 aromatic carbocycles. The summed E-state index contributed by atoms with van der Waals surface area (Å²) in [5.74, 6) is 0.595. The van der Waals surface area contributed by atoms with Crippen LogP contribution in [0.25, 0.3) is 88.9 Å². The molecule has 0 fully saturated rings. The second kappa shape index (κ2) is 11.4. The largest absolute Gasteiger partial charge is 0.309 e. The summed E-state index contributed by atoms with van der Waals surface area (Å²) in [4.78, 5) is 5.15. The first-order valence-corrected chi connectivity index (χ1v) is 16.8. The fourth-order valence-corrected chi connectivity index (χ4v) is 7.37. The predicted molar refractivity (Wildman–Crippen MR) is 205 cm³/mol. The summed E-state index contributed by atoms with van der Waals surface area (Å²) in [7, 11) is 0. The molecule has 0 aliphatic heterocycles. The predicted octanol–water partition coefficient (Wildman–Crippen LogP) is 11.1. The van der Waals surface area contributed by atoms with Crippen LogP contribution in [-0.2, 0) is 0 Å². The average molecular weight is 640 g/mol. The molecular formula is C45H29N5. The van der Waals surface area contributed by atoms with Gasteiger partial charge in [-0.25, -0.2) is 4.98 Å². The van der Waals surface area contributed by atoms with E-state index in [2.05, 4.69) is 160 Å². The molecule has 0 spiro atoms. The van der Waals surface area contributed by atoms with Crippen LogP contribution in [0, 0.1) is 0 Å². The lowest BCUT2D eigenvalue weighted by Gasteiger charge is -2.13. The summed E-state index contributed by atoms with van der Waals surface area (Å²) in [5.41, 5.74) is 11.3. The van der Waals surface area contributed by atoms with E-state index in [0.29, 0.717) is 5.82 Å². The lowest BCUT2D eigenvalue weighted by molar-refractivity contribution is 0.991. The lowest BCUT2D eigenvalue weighted by Crippen LogP contribution is -2.01. The van der Waals surface area contributed by atoms with Crippen molar-refractivity contribution in [2.45, 2.75) is 0 Å². The molecular weight excluding hydrogens is 611 g/mol.